The van der Waals surface area contributed by atoms with E-state index in [2.05, 4.69) is 4.98 Å². The maximum Gasteiger partial charge on any atom is 0.210 e. The highest BCUT2D eigenvalue weighted by atomic mass is 32.2. The van der Waals surface area contributed by atoms with Gasteiger partial charge in [-0.05, 0) is 12.1 Å². The van der Waals surface area contributed by atoms with Crippen LogP contribution < -0.4 is 10.4 Å². The van der Waals surface area contributed by atoms with Crippen molar-refractivity contribution in [2.45, 2.75) is 10.4 Å². The molecule has 20 heavy (non-hydrogen) atoms. The van der Waals surface area contributed by atoms with Crippen molar-refractivity contribution < 1.29 is 23.4 Å². The minimum Gasteiger partial charge on any atom is -0.530 e. The van der Waals surface area contributed by atoms with Crippen LogP contribution >= 0.6 is 11.3 Å². The third-order valence-corrected chi connectivity index (χ3v) is 5.72. The number of carbonyl (C=O) groups excluding carboxylic acids is 1. The van der Waals surface area contributed by atoms with Crippen LogP contribution in [0.1, 0.15) is 0 Å². The van der Waals surface area contributed by atoms with Gasteiger partial charge in [0, 0.05) is 6.54 Å². The van der Waals surface area contributed by atoms with Gasteiger partial charge in [-0.3, -0.25) is 0 Å². The lowest BCUT2D eigenvalue weighted by Crippen LogP contribution is -2.42. The summed E-state index contributed by atoms with van der Waals surface area (Å²) in [6, 6.07) is 6.96. The smallest absolute Gasteiger partial charge is 0.210 e. The Labute approximate surface area is 118 Å². The Bertz CT molecular complexity index is 692. The van der Waals surface area contributed by atoms with Gasteiger partial charge in [0.15, 0.2) is 0 Å². The van der Waals surface area contributed by atoms with Gasteiger partial charge in [0.1, 0.15) is 6.09 Å². The molecule has 108 valence electrons. The minimum absolute atomic E-state index is 0.0915. The molecule has 0 spiro atoms. The fourth-order valence-corrected chi connectivity index (χ4v) is 4.25. The van der Waals surface area contributed by atoms with Crippen LogP contribution in [0.2, 0.25) is 0 Å². The summed E-state index contributed by atoms with van der Waals surface area (Å²) in [5.41, 5.74) is 0.568. The fourth-order valence-electron chi connectivity index (χ4n) is 1.57. The maximum absolute atomic E-state index is 12.1. The van der Waals surface area contributed by atoms with Crippen LogP contribution in [0.4, 0.5) is 4.79 Å². The number of aliphatic hydroxyl groups is 1. The molecule has 0 aliphatic carbocycles. The normalized spacial score (nSPS) is 13.2. The van der Waals surface area contributed by atoms with Crippen molar-refractivity contribution in [3.63, 3.8) is 0 Å². The highest BCUT2D eigenvalue weighted by Gasteiger charge is 2.23. The predicted octanol–water partition coefficient (Wildman–Crippen LogP) is -0.636. The van der Waals surface area contributed by atoms with Crippen LogP contribution in [-0.2, 0) is 9.84 Å². The molecule has 0 bridgehead atoms. The third kappa shape index (κ3) is 3.44. The first-order chi connectivity index (χ1) is 9.38. The second-order valence-electron chi connectivity index (χ2n) is 4.05. The lowest BCUT2D eigenvalue weighted by atomic mass is 10.3. The van der Waals surface area contributed by atoms with E-state index in [0.29, 0.717) is 5.52 Å². The first-order valence-corrected chi connectivity index (χ1v) is 8.06. The summed E-state index contributed by atoms with van der Waals surface area (Å²) in [7, 11) is -3.77. The molecule has 0 radical (unpaired) electrons. The molecule has 0 fully saturated rings. The van der Waals surface area contributed by atoms with E-state index in [4.69, 9.17) is 0 Å². The number of hydrogen-bond donors (Lipinski definition) is 2. The van der Waals surface area contributed by atoms with Crippen molar-refractivity contribution in [1.82, 2.24) is 10.3 Å². The van der Waals surface area contributed by atoms with Crippen molar-refractivity contribution in [2.24, 2.45) is 0 Å². The zero-order valence-corrected chi connectivity index (χ0v) is 11.8. The van der Waals surface area contributed by atoms with Gasteiger partial charge in [-0.25, -0.2) is 13.4 Å². The SMILES string of the molecule is O=C([O-])NC[C@@H](O)CS(=O)(=O)c1nc2ccccc2s1. The van der Waals surface area contributed by atoms with Crippen molar-refractivity contribution in [1.29, 1.82) is 0 Å². The van der Waals surface area contributed by atoms with Gasteiger partial charge in [-0.1, -0.05) is 12.1 Å². The zero-order valence-electron chi connectivity index (χ0n) is 10.1. The van der Waals surface area contributed by atoms with Crippen LogP contribution in [0, 0.1) is 0 Å². The quantitative estimate of drug-likeness (QED) is 0.757. The minimum atomic E-state index is -3.77. The number of hydrogen-bond acceptors (Lipinski definition) is 7. The number of aromatic nitrogens is 1. The summed E-state index contributed by atoms with van der Waals surface area (Å²) >= 11 is 1.01. The van der Waals surface area contributed by atoms with E-state index in [0.717, 1.165) is 16.0 Å². The van der Waals surface area contributed by atoms with Crippen molar-refractivity contribution >= 4 is 37.5 Å². The second-order valence-corrected chi connectivity index (χ2v) is 7.29. The number of amides is 1. The Kier molecular flexibility index (Phi) is 4.21. The zero-order chi connectivity index (χ0) is 14.8. The van der Waals surface area contributed by atoms with Crippen LogP contribution in [0.15, 0.2) is 28.6 Å². The van der Waals surface area contributed by atoms with E-state index in [1.54, 1.807) is 24.3 Å². The Morgan fingerprint density at radius 1 is 1.45 bits per heavy atom. The number of carbonyl (C=O) groups is 1. The summed E-state index contributed by atoms with van der Waals surface area (Å²) in [4.78, 5) is 14.2. The lowest BCUT2D eigenvalue weighted by Gasteiger charge is -2.12. The predicted molar refractivity (Wildman–Crippen MR) is 71.1 cm³/mol. The number of rotatable bonds is 5. The molecular formula is C11H11N2O5S2-. The maximum atomic E-state index is 12.1. The Morgan fingerprint density at radius 3 is 2.80 bits per heavy atom. The van der Waals surface area contributed by atoms with E-state index >= 15 is 0 Å². The molecule has 1 heterocycles. The van der Waals surface area contributed by atoms with Crippen LogP contribution in [0.3, 0.4) is 0 Å². The monoisotopic (exact) mass is 315 g/mol. The standard InChI is InChI=1S/C11H12N2O5S2/c14-7(5-12-10(15)16)6-20(17,18)11-13-8-3-1-2-4-9(8)19-11/h1-4,7,12,14H,5-6H2,(H,15,16)/p-1/t7-/m1/s1. The van der Waals surface area contributed by atoms with Gasteiger partial charge in [0.05, 0.1) is 22.1 Å². The molecule has 2 rings (SSSR count). The van der Waals surface area contributed by atoms with E-state index in [1.807, 2.05) is 5.32 Å². The number of para-hydroxylation sites is 1. The topological polar surface area (TPSA) is 119 Å². The van der Waals surface area contributed by atoms with Crippen LogP contribution in [0.5, 0.6) is 0 Å². The number of nitrogens with one attached hydrogen (secondary N) is 1. The molecule has 1 aromatic carbocycles. The number of carboxylic acid groups (broad SMARTS) is 1. The highest BCUT2D eigenvalue weighted by molar-refractivity contribution is 7.93. The number of nitrogens with zero attached hydrogens (tertiary/aromatic N) is 1. The molecule has 0 aliphatic heterocycles. The molecular weight excluding hydrogens is 304 g/mol. The average Bonchev–Trinajstić information content (AvgIpc) is 2.80. The summed E-state index contributed by atoms with van der Waals surface area (Å²) in [6.07, 6.45) is -2.92. The summed E-state index contributed by atoms with van der Waals surface area (Å²) in [5, 5.41) is 21.5. The first-order valence-electron chi connectivity index (χ1n) is 5.60. The summed E-state index contributed by atoms with van der Waals surface area (Å²) in [6.45, 7) is -0.410. The first kappa shape index (κ1) is 14.7. The van der Waals surface area contributed by atoms with E-state index in [-0.39, 0.29) is 4.34 Å². The molecule has 2 aromatic rings. The number of sulfone groups is 1. The van der Waals surface area contributed by atoms with Crippen molar-refractivity contribution in [3.05, 3.63) is 24.3 Å². The number of thiazole rings is 1. The van der Waals surface area contributed by atoms with Crippen molar-refractivity contribution in [3.8, 4) is 0 Å². The van der Waals surface area contributed by atoms with Gasteiger partial charge < -0.3 is 20.3 Å². The molecule has 1 amide bonds. The van der Waals surface area contributed by atoms with E-state index < -0.39 is 34.3 Å². The molecule has 0 unspecified atom stereocenters. The molecule has 0 saturated carbocycles. The second kappa shape index (κ2) is 5.73. The lowest BCUT2D eigenvalue weighted by molar-refractivity contribution is -0.251. The Balaban J connectivity index is 2.15. The van der Waals surface area contributed by atoms with Crippen LogP contribution in [0.25, 0.3) is 10.2 Å². The van der Waals surface area contributed by atoms with Gasteiger partial charge in [0.2, 0.25) is 14.2 Å². The molecule has 0 saturated heterocycles. The van der Waals surface area contributed by atoms with Crippen LogP contribution in [-0.4, -0.2) is 43.0 Å². The van der Waals surface area contributed by atoms with Gasteiger partial charge in [-0.2, -0.15) is 0 Å². The Hall–Kier alpha value is -1.71. The fraction of sp³-hybridized carbons (Fsp3) is 0.273. The van der Waals surface area contributed by atoms with E-state index in [9.17, 15) is 23.4 Å². The number of fused-ring (bicyclic) bond motifs is 1. The molecule has 2 N–H and O–H groups in total. The largest absolute Gasteiger partial charge is 0.530 e. The third-order valence-electron chi connectivity index (χ3n) is 2.43. The summed E-state index contributed by atoms with van der Waals surface area (Å²) < 4.78 is 24.7. The Morgan fingerprint density at radius 2 is 2.15 bits per heavy atom. The molecule has 0 aliphatic rings. The van der Waals surface area contributed by atoms with Gasteiger partial charge >= 0.3 is 0 Å². The van der Waals surface area contributed by atoms with Crippen molar-refractivity contribution in [2.75, 3.05) is 12.3 Å². The molecule has 7 nitrogen and oxygen atoms in total. The molecule has 1 atom stereocenters. The number of aliphatic hydroxyl groups excluding tert-OH is 1. The van der Waals surface area contributed by atoms with Gasteiger partial charge in [-0.15, -0.1) is 11.3 Å². The number of benzene rings is 1. The molecule has 1 aromatic heterocycles. The average molecular weight is 315 g/mol. The highest BCUT2D eigenvalue weighted by Crippen LogP contribution is 2.25. The molecule has 9 heteroatoms. The van der Waals surface area contributed by atoms with E-state index in [1.165, 1.54) is 0 Å². The summed E-state index contributed by atoms with van der Waals surface area (Å²) in [5.74, 6) is -0.604. The van der Waals surface area contributed by atoms with Gasteiger partial charge in [0.25, 0.3) is 0 Å².